The third kappa shape index (κ3) is 3.12. The molecule has 0 bridgehead atoms. The van der Waals surface area contributed by atoms with E-state index in [9.17, 15) is 0 Å². The number of rotatable bonds is 4. The van der Waals surface area contributed by atoms with Gasteiger partial charge in [-0.25, -0.2) is 4.98 Å². The average Bonchev–Trinajstić information content (AvgIpc) is 3.30. The fourth-order valence-corrected chi connectivity index (χ4v) is 4.34. The number of aryl methyl sites for hydroxylation is 2. The highest BCUT2D eigenvalue weighted by Crippen LogP contribution is 2.26. The quantitative estimate of drug-likeness (QED) is 0.561. The predicted octanol–water partition coefficient (Wildman–Crippen LogP) is 4.81. The van der Waals surface area contributed by atoms with E-state index >= 15 is 0 Å². The van der Waals surface area contributed by atoms with Crippen molar-refractivity contribution in [2.24, 2.45) is 7.05 Å². The highest BCUT2D eigenvalue weighted by molar-refractivity contribution is 5.82. The second kappa shape index (κ2) is 6.92. The lowest BCUT2D eigenvalue weighted by Crippen LogP contribution is -2.29. The molecule has 0 saturated heterocycles. The maximum absolute atomic E-state index is 4.42. The first kappa shape index (κ1) is 17.2. The minimum atomic E-state index is 0.545. The highest BCUT2D eigenvalue weighted by Gasteiger charge is 2.20. The summed E-state index contributed by atoms with van der Waals surface area (Å²) in [7, 11) is 2.04. The first-order valence-electron chi connectivity index (χ1n) is 9.98. The smallest absolute Gasteiger partial charge is 0.0955 e. The maximum atomic E-state index is 4.42. The summed E-state index contributed by atoms with van der Waals surface area (Å²) in [5.41, 5.74) is 10.4. The van der Waals surface area contributed by atoms with Gasteiger partial charge in [0.05, 0.1) is 17.4 Å². The lowest BCUT2D eigenvalue weighted by atomic mass is 9.99. The Balaban J connectivity index is 1.31. The summed E-state index contributed by atoms with van der Waals surface area (Å²) in [6.07, 6.45) is 4.14. The monoisotopic (exact) mass is 367 g/mol. The molecule has 3 nitrogen and oxygen atoms in total. The summed E-state index contributed by atoms with van der Waals surface area (Å²) < 4.78 is 2.07. The molecule has 5 rings (SSSR count). The zero-order valence-electron chi connectivity index (χ0n) is 16.4. The molecule has 1 aromatic heterocycles. The number of hydrogen-bond acceptors (Lipinski definition) is 2. The van der Waals surface area contributed by atoms with Crippen molar-refractivity contribution >= 4 is 11.0 Å². The van der Waals surface area contributed by atoms with Crippen LogP contribution in [0.5, 0.6) is 0 Å². The Hall–Kier alpha value is -2.91. The van der Waals surface area contributed by atoms with Crippen LogP contribution in [0.3, 0.4) is 0 Å². The van der Waals surface area contributed by atoms with Gasteiger partial charge in [-0.3, -0.25) is 0 Å². The number of hydrogen-bond donors (Lipinski definition) is 1. The van der Waals surface area contributed by atoms with Crippen molar-refractivity contribution in [2.75, 3.05) is 0 Å². The highest BCUT2D eigenvalue weighted by atomic mass is 15.0. The maximum Gasteiger partial charge on any atom is 0.0955 e. The molecule has 1 heterocycles. The van der Waals surface area contributed by atoms with Crippen molar-refractivity contribution in [3.8, 4) is 11.1 Å². The Morgan fingerprint density at radius 2 is 1.68 bits per heavy atom. The topological polar surface area (TPSA) is 29.9 Å². The molecule has 0 atom stereocenters. The van der Waals surface area contributed by atoms with Crippen LogP contribution in [0.4, 0.5) is 0 Å². The number of benzene rings is 3. The largest absolute Gasteiger partial charge is 0.334 e. The second-order valence-corrected chi connectivity index (χ2v) is 7.96. The number of aromatic nitrogens is 2. The van der Waals surface area contributed by atoms with Crippen molar-refractivity contribution in [1.29, 1.82) is 0 Å². The molecule has 1 N–H and O–H groups in total. The Labute approximate surface area is 166 Å². The third-order valence-electron chi connectivity index (χ3n) is 6.03. The molecule has 1 aliphatic rings. The van der Waals surface area contributed by atoms with Crippen molar-refractivity contribution in [3.63, 3.8) is 0 Å². The molecule has 0 fully saturated rings. The van der Waals surface area contributed by atoms with Crippen LogP contribution >= 0.6 is 0 Å². The van der Waals surface area contributed by atoms with Crippen molar-refractivity contribution in [3.05, 3.63) is 89.2 Å². The van der Waals surface area contributed by atoms with Gasteiger partial charge in [-0.2, -0.15) is 0 Å². The van der Waals surface area contributed by atoms with Gasteiger partial charge in [0.1, 0.15) is 0 Å². The van der Waals surface area contributed by atoms with Crippen molar-refractivity contribution in [2.45, 2.75) is 32.4 Å². The van der Waals surface area contributed by atoms with E-state index in [1.165, 1.54) is 38.9 Å². The van der Waals surface area contributed by atoms with Gasteiger partial charge in [0, 0.05) is 19.6 Å². The number of fused-ring (bicyclic) bond motifs is 2. The van der Waals surface area contributed by atoms with Crippen LogP contribution in [-0.2, 0) is 26.4 Å². The van der Waals surface area contributed by atoms with Crippen LogP contribution in [0.15, 0.2) is 67.0 Å². The van der Waals surface area contributed by atoms with Gasteiger partial charge in [-0.05, 0) is 65.3 Å². The lowest BCUT2D eigenvalue weighted by molar-refractivity contribution is 0.532. The summed E-state index contributed by atoms with van der Waals surface area (Å²) in [4.78, 5) is 4.42. The molecule has 28 heavy (non-hydrogen) atoms. The summed E-state index contributed by atoms with van der Waals surface area (Å²) in [6, 6.07) is 22.7. The zero-order valence-corrected chi connectivity index (χ0v) is 16.4. The third-order valence-corrected chi connectivity index (χ3v) is 6.03. The Kier molecular flexibility index (Phi) is 4.25. The number of nitrogens with zero attached hydrogens (tertiary/aromatic N) is 2. The van der Waals surface area contributed by atoms with Gasteiger partial charge in [0.25, 0.3) is 0 Å². The van der Waals surface area contributed by atoms with Gasteiger partial charge in [0.15, 0.2) is 0 Å². The molecule has 0 radical (unpaired) electrons. The number of nitrogens with one attached hydrogen (secondary N) is 1. The Bertz CT molecular complexity index is 1130. The van der Waals surface area contributed by atoms with Crippen LogP contribution in [0.2, 0.25) is 0 Å². The Morgan fingerprint density at radius 3 is 2.43 bits per heavy atom. The van der Waals surface area contributed by atoms with Crippen LogP contribution < -0.4 is 5.32 Å². The first-order valence-corrected chi connectivity index (χ1v) is 9.98. The minimum Gasteiger partial charge on any atom is -0.334 e. The minimum absolute atomic E-state index is 0.545. The van der Waals surface area contributed by atoms with Crippen LogP contribution in [0, 0.1) is 6.92 Å². The van der Waals surface area contributed by atoms with E-state index in [1.54, 1.807) is 0 Å². The molecule has 0 aliphatic heterocycles. The van der Waals surface area contributed by atoms with E-state index in [4.69, 9.17) is 0 Å². The molecular weight excluding hydrogens is 342 g/mol. The Morgan fingerprint density at radius 1 is 0.964 bits per heavy atom. The number of imidazole rings is 1. The van der Waals surface area contributed by atoms with Gasteiger partial charge in [0.2, 0.25) is 0 Å². The molecule has 0 saturated carbocycles. The van der Waals surface area contributed by atoms with E-state index in [0.29, 0.717) is 6.04 Å². The molecule has 140 valence electrons. The molecular formula is C25H25N3. The van der Waals surface area contributed by atoms with Crippen LogP contribution in [0.1, 0.15) is 22.3 Å². The van der Waals surface area contributed by atoms with Gasteiger partial charge in [-0.1, -0.05) is 48.5 Å². The molecule has 1 aliphatic carbocycles. The predicted molar refractivity (Wildman–Crippen MR) is 115 cm³/mol. The molecule has 0 amide bonds. The SMILES string of the molecule is Cc1cc(-c2ccc3ncn(C)c3c2)ccc1CNC1Cc2ccccc2C1. The standard InChI is InChI=1S/C25H25N3/c1-17-11-20(21-9-10-24-25(14-21)28(2)16-27-24)7-8-22(17)15-26-23-12-18-5-3-4-6-19(18)13-23/h3-11,14,16,23,26H,12-13,15H2,1-2H3. The summed E-state index contributed by atoms with van der Waals surface area (Å²) >= 11 is 0. The fraction of sp³-hybridized carbons (Fsp3) is 0.240. The molecule has 3 heteroatoms. The lowest BCUT2D eigenvalue weighted by Gasteiger charge is -2.14. The van der Waals surface area contributed by atoms with E-state index in [0.717, 1.165) is 24.9 Å². The molecule has 0 spiro atoms. The normalized spacial score (nSPS) is 13.9. The molecule has 3 aromatic carbocycles. The van der Waals surface area contributed by atoms with Crippen molar-refractivity contribution < 1.29 is 0 Å². The first-order chi connectivity index (χ1) is 13.7. The fourth-order valence-electron chi connectivity index (χ4n) is 4.34. The van der Waals surface area contributed by atoms with E-state index in [1.807, 2.05) is 13.4 Å². The van der Waals surface area contributed by atoms with Crippen LogP contribution in [0.25, 0.3) is 22.2 Å². The van der Waals surface area contributed by atoms with Crippen molar-refractivity contribution in [1.82, 2.24) is 14.9 Å². The van der Waals surface area contributed by atoms with E-state index < -0.39 is 0 Å². The summed E-state index contributed by atoms with van der Waals surface area (Å²) in [5, 5.41) is 3.76. The second-order valence-electron chi connectivity index (χ2n) is 7.96. The summed E-state index contributed by atoms with van der Waals surface area (Å²) in [6.45, 7) is 3.14. The van der Waals surface area contributed by atoms with Gasteiger partial charge >= 0.3 is 0 Å². The molecule has 4 aromatic rings. The van der Waals surface area contributed by atoms with Gasteiger partial charge in [-0.15, -0.1) is 0 Å². The zero-order chi connectivity index (χ0) is 19.1. The van der Waals surface area contributed by atoms with Crippen LogP contribution in [-0.4, -0.2) is 15.6 Å². The summed E-state index contributed by atoms with van der Waals surface area (Å²) in [5.74, 6) is 0. The van der Waals surface area contributed by atoms with E-state index in [2.05, 4.69) is 82.5 Å². The average molecular weight is 367 g/mol. The van der Waals surface area contributed by atoms with E-state index in [-0.39, 0.29) is 0 Å². The van der Waals surface area contributed by atoms with Gasteiger partial charge < -0.3 is 9.88 Å². The molecule has 0 unspecified atom stereocenters.